The van der Waals surface area contributed by atoms with E-state index in [9.17, 15) is 20.8 Å². The Morgan fingerprint density at radius 2 is 1.16 bits per heavy atom. The smallest absolute Gasteiger partial charge is 0.242 e. The summed E-state index contributed by atoms with van der Waals surface area (Å²) < 4.78 is 0. The predicted molar refractivity (Wildman–Crippen MR) is 59.7 cm³/mol. The fourth-order valence-corrected chi connectivity index (χ4v) is 5.15. The van der Waals surface area contributed by atoms with Crippen molar-refractivity contribution in [1.82, 2.24) is 0 Å². The van der Waals surface area contributed by atoms with Crippen LogP contribution >= 0.6 is 0 Å². The first-order valence-electron chi connectivity index (χ1n) is 6.83. The number of hydrogen-bond acceptors (Lipinski definition) is 4. The first-order valence-corrected chi connectivity index (χ1v) is 6.83. The molecule has 0 amide bonds. The molecule has 4 unspecified atom stereocenters. The molecule has 6 rings (SSSR count). The molecular weight excluding hydrogens is 252 g/mol. The number of azo groups is 2. The van der Waals surface area contributed by atoms with Crippen molar-refractivity contribution in [2.45, 2.75) is 56.8 Å². The molecule has 0 N–H and O–H groups in total. The van der Waals surface area contributed by atoms with E-state index >= 15 is 0 Å². The Kier molecular flexibility index (Phi) is 1.84. The lowest BCUT2D eigenvalue weighted by Gasteiger charge is -2.53. The van der Waals surface area contributed by atoms with Gasteiger partial charge in [0.25, 0.3) is 0 Å². The van der Waals surface area contributed by atoms with Gasteiger partial charge in [-0.1, -0.05) is 0 Å². The van der Waals surface area contributed by atoms with Crippen molar-refractivity contribution < 1.29 is 19.4 Å². The molecule has 8 nitrogen and oxygen atoms in total. The minimum absolute atomic E-state index is 0.171. The van der Waals surface area contributed by atoms with Crippen LogP contribution in [0.2, 0.25) is 0 Å². The van der Waals surface area contributed by atoms with Crippen LogP contribution < -0.4 is 0 Å². The van der Waals surface area contributed by atoms with Crippen LogP contribution in [0.3, 0.4) is 0 Å². The highest BCUT2D eigenvalue weighted by atomic mass is 16.6. The quantitative estimate of drug-likeness (QED) is 0.475. The largest absolute Gasteiger partial charge is 0.567 e. The van der Waals surface area contributed by atoms with Crippen molar-refractivity contribution in [3.05, 3.63) is 20.8 Å². The summed E-state index contributed by atoms with van der Waals surface area (Å²) in [5, 5.41) is 48.0. The summed E-state index contributed by atoms with van der Waals surface area (Å²) in [6.07, 6.45) is 2.55. The Labute approximate surface area is 109 Å². The molecule has 0 aromatic rings. The number of hydrogen-bond donors (Lipinski definition) is 0. The van der Waals surface area contributed by atoms with Gasteiger partial charge in [0.05, 0.1) is 0 Å². The van der Waals surface area contributed by atoms with E-state index in [4.69, 9.17) is 0 Å². The van der Waals surface area contributed by atoms with Gasteiger partial charge < -0.3 is 20.8 Å². The van der Waals surface area contributed by atoms with Gasteiger partial charge in [0.1, 0.15) is 11.3 Å². The molecule has 19 heavy (non-hydrogen) atoms. The van der Waals surface area contributed by atoms with Crippen LogP contribution in [0.25, 0.3) is 0 Å². The molecule has 2 aliphatic carbocycles. The van der Waals surface area contributed by atoms with E-state index in [0.29, 0.717) is 45.1 Å². The minimum atomic E-state index is -0.544. The van der Waals surface area contributed by atoms with E-state index in [-0.39, 0.29) is 5.92 Å². The monoisotopic (exact) mass is 268 g/mol. The lowest BCUT2D eigenvalue weighted by Crippen LogP contribution is -2.75. The van der Waals surface area contributed by atoms with Crippen molar-refractivity contribution in [3.8, 4) is 0 Å². The number of rotatable bonds is 0. The predicted octanol–water partition coefficient (Wildman–Crippen LogP) is 0.644. The van der Waals surface area contributed by atoms with Crippen molar-refractivity contribution in [2.75, 3.05) is 0 Å². The maximum atomic E-state index is 12.0. The minimum Gasteiger partial charge on any atom is -0.567 e. The Hall–Kier alpha value is -1.60. The molecule has 2 saturated carbocycles. The maximum absolute atomic E-state index is 12.0. The van der Waals surface area contributed by atoms with Gasteiger partial charge >= 0.3 is 0 Å². The van der Waals surface area contributed by atoms with Crippen molar-refractivity contribution in [2.24, 2.45) is 11.3 Å². The zero-order valence-corrected chi connectivity index (χ0v) is 10.6. The Bertz CT molecular complexity index is 489. The molecule has 0 saturated heterocycles. The van der Waals surface area contributed by atoms with Gasteiger partial charge in [-0.15, -0.1) is 0 Å². The summed E-state index contributed by atoms with van der Waals surface area (Å²) in [5.41, 5.74) is -0.544. The summed E-state index contributed by atoms with van der Waals surface area (Å²) in [5.74, 6) is -0.171. The average molecular weight is 268 g/mol. The van der Waals surface area contributed by atoms with E-state index in [1.54, 1.807) is 0 Å². The van der Waals surface area contributed by atoms with Crippen LogP contribution in [0.1, 0.15) is 32.6 Å². The number of nitrogens with zero attached hydrogens (tertiary/aromatic N) is 4. The van der Waals surface area contributed by atoms with Crippen LogP contribution in [0, 0.1) is 32.2 Å². The molecule has 6 aliphatic rings. The highest BCUT2D eigenvalue weighted by Gasteiger charge is 2.78. The number of fused-ring (bicyclic) bond motifs is 2. The molecular formula is C11H16N4O4. The Balaban J connectivity index is 1.94. The highest BCUT2D eigenvalue weighted by molar-refractivity contribution is 5.07. The van der Waals surface area contributed by atoms with Gasteiger partial charge in [0.2, 0.25) is 24.2 Å². The first-order chi connectivity index (χ1) is 8.98. The molecule has 4 bridgehead atoms. The van der Waals surface area contributed by atoms with Crippen molar-refractivity contribution >= 4 is 0 Å². The lowest BCUT2D eigenvalue weighted by atomic mass is 9.51. The fourth-order valence-electron chi connectivity index (χ4n) is 5.15. The van der Waals surface area contributed by atoms with Crippen molar-refractivity contribution in [3.63, 3.8) is 0 Å². The van der Waals surface area contributed by atoms with Gasteiger partial charge in [-0.25, -0.2) is 0 Å². The zero-order chi connectivity index (χ0) is 13.5. The number of hydroxylamine groups is 4. The molecule has 2 fully saturated rings. The third-order valence-electron chi connectivity index (χ3n) is 5.94. The molecule has 0 radical (unpaired) electrons. The zero-order valence-electron chi connectivity index (χ0n) is 10.6. The molecule has 4 aliphatic heterocycles. The van der Waals surface area contributed by atoms with Crippen LogP contribution in [0.15, 0.2) is 0 Å². The molecule has 104 valence electrons. The van der Waals surface area contributed by atoms with Gasteiger partial charge in [0.15, 0.2) is 0 Å². The van der Waals surface area contributed by atoms with E-state index in [1.165, 1.54) is 0 Å². The van der Waals surface area contributed by atoms with Crippen molar-refractivity contribution in [1.29, 1.82) is 0 Å². The second-order valence-corrected chi connectivity index (χ2v) is 6.42. The summed E-state index contributed by atoms with van der Waals surface area (Å²) in [6.45, 7) is 1.92. The second-order valence-electron chi connectivity index (χ2n) is 6.42. The summed E-state index contributed by atoms with van der Waals surface area (Å²) >= 11 is 0. The third-order valence-corrected chi connectivity index (χ3v) is 5.94. The van der Waals surface area contributed by atoms with E-state index in [1.807, 2.05) is 6.92 Å². The normalized spacial score (nSPS) is 51.7. The van der Waals surface area contributed by atoms with Crippen LogP contribution in [-0.4, -0.2) is 43.6 Å². The lowest BCUT2D eigenvalue weighted by molar-refractivity contribution is -1.06. The van der Waals surface area contributed by atoms with Crippen LogP contribution in [0.4, 0.5) is 0 Å². The molecule has 8 heteroatoms. The summed E-state index contributed by atoms with van der Waals surface area (Å²) in [6, 6.07) is -1.85. The first kappa shape index (κ1) is 11.2. The Morgan fingerprint density at radius 3 is 1.58 bits per heavy atom. The van der Waals surface area contributed by atoms with Gasteiger partial charge in [0, 0.05) is 45.1 Å². The van der Waals surface area contributed by atoms with E-state index < -0.39 is 29.6 Å². The fraction of sp³-hybridized carbons (Fsp3) is 1.00. The second kappa shape index (κ2) is 3.10. The topological polar surface area (TPSA) is 104 Å². The standard InChI is InChI=1S/C11H16N4O4/c1-11-8-4-2-6(12(16)14(8)18)10(11)7-3-5-9(11)15(19)13(7)17/h6-10H,2-5H2,1H3/t6?,7?,8-,9+,10?,11?. The third kappa shape index (κ3) is 0.997. The van der Waals surface area contributed by atoms with Crippen LogP contribution in [-0.2, 0) is 0 Å². The van der Waals surface area contributed by atoms with Gasteiger partial charge in [-0.3, -0.25) is 0 Å². The molecule has 0 spiro atoms. The summed E-state index contributed by atoms with van der Waals surface area (Å²) in [7, 11) is 0. The SMILES string of the molecule is CC12C(C3CC[C@@H]1[N+]([O-])=[N+]3[O-])C1CC[C@H]2[N+]([O-])=[N+]1[O-]. The van der Waals surface area contributed by atoms with Crippen LogP contribution in [0.5, 0.6) is 0 Å². The summed E-state index contributed by atoms with van der Waals surface area (Å²) in [4.78, 5) is 2.03. The van der Waals surface area contributed by atoms with E-state index in [2.05, 4.69) is 0 Å². The van der Waals surface area contributed by atoms with E-state index in [0.717, 1.165) is 0 Å². The molecule has 6 atom stereocenters. The Morgan fingerprint density at radius 1 is 0.737 bits per heavy atom. The average Bonchev–Trinajstić information content (AvgIpc) is 2.39. The van der Waals surface area contributed by atoms with Gasteiger partial charge in [-0.05, 0) is 6.92 Å². The molecule has 0 aromatic heterocycles. The molecule has 0 aromatic carbocycles. The maximum Gasteiger partial charge on any atom is 0.242 e. The molecule has 4 heterocycles. The van der Waals surface area contributed by atoms with Gasteiger partial charge in [-0.2, -0.15) is 0 Å². The highest BCUT2D eigenvalue weighted by Crippen LogP contribution is 2.57.